The van der Waals surface area contributed by atoms with Crippen molar-refractivity contribution in [1.29, 1.82) is 0 Å². The summed E-state index contributed by atoms with van der Waals surface area (Å²) in [6.45, 7) is 4.11. The lowest BCUT2D eigenvalue weighted by atomic mass is 10.2. The van der Waals surface area contributed by atoms with Gasteiger partial charge in [-0.05, 0) is 24.6 Å². The molecule has 26 heavy (non-hydrogen) atoms. The van der Waals surface area contributed by atoms with Crippen LogP contribution in [0.15, 0.2) is 48.5 Å². The molecule has 0 saturated carbocycles. The summed E-state index contributed by atoms with van der Waals surface area (Å²) in [6, 6.07) is 14.3. The van der Waals surface area contributed by atoms with Crippen LogP contribution < -0.4 is 9.47 Å². The van der Waals surface area contributed by atoms with E-state index in [1.165, 1.54) is 6.92 Å². The molecule has 6 nitrogen and oxygen atoms in total. The third-order valence-electron chi connectivity index (χ3n) is 3.34. The number of carbonyl (C=O) groups is 2. The highest BCUT2D eigenvalue weighted by atomic mass is 16.6. The van der Waals surface area contributed by atoms with Crippen molar-refractivity contribution < 1.29 is 28.5 Å². The Labute approximate surface area is 152 Å². The first-order valence-electron chi connectivity index (χ1n) is 8.34. The van der Waals surface area contributed by atoms with Crippen LogP contribution in [-0.4, -0.2) is 31.8 Å². The Morgan fingerprint density at radius 2 is 1.69 bits per heavy atom. The molecule has 0 aromatic heterocycles. The highest BCUT2D eigenvalue weighted by molar-refractivity contribution is 5.92. The zero-order valence-corrected chi connectivity index (χ0v) is 14.9. The van der Waals surface area contributed by atoms with Gasteiger partial charge in [0.25, 0.3) is 0 Å². The minimum absolute atomic E-state index is 0.153. The van der Waals surface area contributed by atoms with Gasteiger partial charge in [-0.25, -0.2) is 4.79 Å². The fourth-order valence-corrected chi connectivity index (χ4v) is 2.18. The van der Waals surface area contributed by atoms with E-state index in [9.17, 15) is 9.59 Å². The van der Waals surface area contributed by atoms with Gasteiger partial charge in [-0.3, -0.25) is 4.79 Å². The van der Waals surface area contributed by atoms with Crippen molar-refractivity contribution in [3.05, 3.63) is 59.7 Å². The van der Waals surface area contributed by atoms with Gasteiger partial charge < -0.3 is 18.9 Å². The van der Waals surface area contributed by atoms with E-state index in [-0.39, 0.29) is 25.8 Å². The van der Waals surface area contributed by atoms with E-state index in [4.69, 9.17) is 18.9 Å². The van der Waals surface area contributed by atoms with Crippen LogP contribution in [0.5, 0.6) is 11.5 Å². The van der Waals surface area contributed by atoms with Crippen LogP contribution in [0, 0.1) is 0 Å². The summed E-state index contributed by atoms with van der Waals surface area (Å²) in [5.74, 6) is 0.0691. The van der Waals surface area contributed by atoms with Crippen molar-refractivity contribution in [3.63, 3.8) is 0 Å². The SMILES string of the molecule is CCOc1cc(OCCOC(C)=O)ccc1C(=O)OCc1ccccc1. The molecule has 2 aromatic carbocycles. The molecule has 0 aliphatic carbocycles. The fourth-order valence-electron chi connectivity index (χ4n) is 2.18. The number of ether oxygens (including phenoxy) is 4. The molecule has 6 heteroatoms. The Bertz CT molecular complexity index is 726. The van der Waals surface area contributed by atoms with Crippen LogP contribution in [-0.2, 0) is 20.9 Å². The van der Waals surface area contributed by atoms with Crippen LogP contribution in [0.4, 0.5) is 0 Å². The first-order valence-corrected chi connectivity index (χ1v) is 8.34. The fraction of sp³-hybridized carbons (Fsp3) is 0.300. The van der Waals surface area contributed by atoms with Gasteiger partial charge in [0.2, 0.25) is 0 Å². The summed E-state index contributed by atoms with van der Waals surface area (Å²) in [5, 5.41) is 0. The van der Waals surface area contributed by atoms with E-state index in [0.29, 0.717) is 23.7 Å². The average molecular weight is 358 g/mol. The van der Waals surface area contributed by atoms with Crippen LogP contribution >= 0.6 is 0 Å². The second-order valence-electron chi connectivity index (χ2n) is 5.34. The Morgan fingerprint density at radius 3 is 2.38 bits per heavy atom. The predicted molar refractivity (Wildman–Crippen MR) is 95.3 cm³/mol. The van der Waals surface area contributed by atoms with Crippen molar-refractivity contribution in [2.45, 2.75) is 20.5 Å². The van der Waals surface area contributed by atoms with Gasteiger partial charge in [-0.2, -0.15) is 0 Å². The monoisotopic (exact) mass is 358 g/mol. The largest absolute Gasteiger partial charge is 0.493 e. The van der Waals surface area contributed by atoms with Gasteiger partial charge in [0.05, 0.1) is 6.61 Å². The molecule has 0 spiro atoms. The lowest BCUT2D eigenvalue weighted by Crippen LogP contribution is -2.11. The maximum absolute atomic E-state index is 12.4. The minimum atomic E-state index is -0.469. The van der Waals surface area contributed by atoms with Gasteiger partial charge in [0.15, 0.2) is 0 Å². The molecule has 0 heterocycles. The van der Waals surface area contributed by atoms with E-state index in [0.717, 1.165) is 5.56 Å². The second-order valence-corrected chi connectivity index (χ2v) is 5.34. The summed E-state index contributed by atoms with van der Waals surface area (Å²) in [5.41, 5.74) is 1.24. The molecule has 0 atom stereocenters. The van der Waals surface area contributed by atoms with E-state index in [2.05, 4.69) is 0 Å². The Morgan fingerprint density at radius 1 is 0.923 bits per heavy atom. The highest BCUT2D eigenvalue weighted by Gasteiger charge is 2.15. The smallest absolute Gasteiger partial charge is 0.342 e. The van der Waals surface area contributed by atoms with Crippen molar-refractivity contribution in [3.8, 4) is 11.5 Å². The number of hydrogen-bond acceptors (Lipinski definition) is 6. The molecule has 0 bridgehead atoms. The molecule has 0 aliphatic heterocycles. The van der Waals surface area contributed by atoms with Gasteiger partial charge in [-0.15, -0.1) is 0 Å². The van der Waals surface area contributed by atoms with Crippen LogP contribution in [0.3, 0.4) is 0 Å². The third-order valence-corrected chi connectivity index (χ3v) is 3.34. The molecule has 2 aromatic rings. The molecule has 0 radical (unpaired) electrons. The standard InChI is InChI=1S/C20H22O6/c1-3-23-19-13-17(25-12-11-24-15(2)21)9-10-18(19)20(22)26-14-16-7-5-4-6-8-16/h4-10,13H,3,11-12,14H2,1-2H3. The van der Waals surface area contributed by atoms with Gasteiger partial charge in [0.1, 0.15) is 36.9 Å². The summed E-state index contributed by atoms with van der Waals surface area (Å²) in [4.78, 5) is 23.1. The number of esters is 2. The van der Waals surface area contributed by atoms with Crippen molar-refractivity contribution in [2.24, 2.45) is 0 Å². The maximum atomic E-state index is 12.4. The quantitative estimate of drug-likeness (QED) is 0.505. The van der Waals surface area contributed by atoms with Crippen molar-refractivity contribution in [1.82, 2.24) is 0 Å². The molecule has 2 rings (SSSR count). The van der Waals surface area contributed by atoms with E-state index in [1.807, 2.05) is 37.3 Å². The van der Waals surface area contributed by atoms with Crippen LogP contribution in [0.2, 0.25) is 0 Å². The Kier molecular flexibility index (Phi) is 7.49. The van der Waals surface area contributed by atoms with Gasteiger partial charge >= 0.3 is 11.9 Å². The van der Waals surface area contributed by atoms with Gasteiger partial charge in [-0.1, -0.05) is 30.3 Å². The highest BCUT2D eigenvalue weighted by Crippen LogP contribution is 2.26. The summed E-state index contributed by atoms with van der Waals surface area (Å²) >= 11 is 0. The average Bonchev–Trinajstić information content (AvgIpc) is 2.64. The lowest BCUT2D eigenvalue weighted by Gasteiger charge is -2.13. The summed E-state index contributed by atoms with van der Waals surface area (Å²) in [6.07, 6.45) is 0. The molecule has 138 valence electrons. The van der Waals surface area contributed by atoms with Crippen molar-refractivity contribution in [2.75, 3.05) is 19.8 Å². The topological polar surface area (TPSA) is 71.1 Å². The van der Waals surface area contributed by atoms with Crippen LogP contribution in [0.25, 0.3) is 0 Å². The second kappa shape index (κ2) is 10.1. The number of carbonyl (C=O) groups excluding carboxylic acids is 2. The van der Waals surface area contributed by atoms with E-state index in [1.54, 1.807) is 18.2 Å². The Balaban J connectivity index is 1.99. The minimum Gasteiger partial charge on any atom is -0.493 e. The molecule has 0 fully saturated rings. The molecule has 0 saturated heterocycles. The predicted octanol–water partition coefficient (Wildman–Crippen LogP) is 3.38. The number of benzene rings is 2. The molecule has 0 N–H and O–H groups in total. The van der Waals surface area contributed by atoms with E-state index < -0.39 is 5.97 Å². The zero-order chi connectivity index (χ0) is 18.8. The van der Waals surface area contributed by atoms with E-state index >= 15 is 0 Å². The summed E-state index contributed by atoms with van der Waals surface area (Å²) in [7, 11) is 0. The number of rotatable bonds is 9. The summed E-state index contributed by atoms with van der Waals surface area (Å²) < 4.78 is 21.2. The normalized spacial score (nSPS) is 10.1. The molecule has 0 unspecified atom stereocenters. The Hall–Kier alpha value is -3.02. The first-order chi connectivity index (χ1) is 12.6. The number of hydrogen-bond donors (Lipinski definition) is 0. The third kappa shape index (κ3) is 6.12. The molecular formula is C20H22O6. The zero-order valence-electron chi connectivity index (χ0n) is 14.9. The molecular weight excluding hydrogens is 336 g/mol. The maximum Gasteiger partial charge on any atom is 0.342 e. The lowest BCUT2D eigenvalue weighted by molar-refractivity contribution is -0.141. The molecule has 0 aliphatic rings. The van der Waals surface area contributed by atoms with Gasteiger partial charge in [0, 0.05) is 13.0 Å². The van der Waals surface area contributed by atoms with Crippen molar-refractivity contribution >= 4 is 11.9 Å². The first kappa shape index (κ1) is 19.3. The molecule has 0 amide bonds. The van der Waals surface area contributed by atoms with Crippen LogP contribution in [0.1, 0.15) is 29.8 Å².